The van der Waals surface area contributed by atoms with E-state index in [-0.39, 0.29) is 11.7 Å². The molecule has 14 heavy (non-hydrogen) atoms. The van der Waals surface area contributed by atoms with Gasteiger partial charge in [-0.25, -0.2) is 0 Å². The van der Waals surface area contributed by atoms with Crippen LogP contribution >= 0.6 is 0 Å². The summed E-state index contributed by atoms with van der Waals surface area (Å²) in [5, 5.41) is 14.5. The molecule has 0 heterocycles. The van der Waals surface area contributed by atoms with Crippen molar-refractivity contribution in [2.75, 3.05) is 13.6 Å². The highest BCUT2D eigenvalue weighted by Gasteiger charge is 1.98. The van der Waals surface area contributed by atoms with Gasteiger partial charge in [0.05, 0.1) is 6.54 Å². The molecule has 0 aliphatic heterocycles. The molecule has 0 saturated heterocycles. The number of nitrogens with one attached hydrogen (secondary N) is 2. The predicted molar refractivity (Wildman–Crippen MR) is 53.9 cm³/mol. The fraction of sp³-hybridized carbons (Fsp3) is 0.300. The van der Waals surface area contributed by atoms with Gasteiger partial charge in [0.1, 0.15) is 5.75 Å². The van der Waals surface area contributed by atoms with Crippen LogP contribution in [0.3, 0.4) is 0 Å². The zero-order valence-corrected chi connectivity index (χ0v) is 8.08. The Morgan fingerprint density at radius 1 is 1.36 bits per heavy atom. The molecular formula is C10H14N2O2. The van der Waals surface area contributed by atoms with Crippen molar-refractivity contribution in [3.8, 4) is 5.75 Å². The molecule has 0 aliphatic rings. The van der Waals surface area contributed by atoms with Crippen molar-refractivity contribution >= 4 is 5.91 Å². The number of rotatable bonds is 4. The lowest BCUT2D eigenvalue weighted by Crippen LogP contribution is -2.31. The Kier molecular flexibility index (Phi) is 3.94. The van der Waals surface area contributed by atoms with Gasteiger partial charge in [0.25, 0.3) is 0 Å². The third-order valence-electron chi connectivity index (χ3n) is 1.76. The summed E-state index contributed by atoms with van der Waals surface area (Å²) in [7, 11) is 1.72. The molecule has 0 bridgehead atoms. The Bertz CT molecular complexity index is 295. The molecule has 1 aromatic rings. The van der Waals surface area contributed by atoms with E-state index in [0.717, 1.165) is 5.56 Å². The zero-order chi connectivity index (χ0) is 10.4. The topological polar surface area (TPSA) is 61.4 Å². The molecule has 3 N–H and O–H groups in total. The maximum atomic E-state index is 11.1. The highest BCUT2D eigenvalue weighted by Crippen LogP contribution is 2.08. The van der Waals surface area contributed by atoms with E-state index in [1.165, 1.54) is 0 Å². The number of carbonyl (C=O) groups excluding carboxylic acids is 1. The minimum absolute atomic E-state index is 0.0411. The van der Waals surface area contributed by atoms with Crippen LogP contribution in [0.2, 0.25) is 0 Å². The second kappa shape index (κ2) is 5.24. The number of hydrogen-bond donors (Lipinski definition) is 3. The zero-order valence-electron chi connectivity index (χ0n) is 8.08. The summed E-state index contributed by atoms with van der Waals surface area (Å²) in [5.41, 5.74) is 0.965. The summed E-state index contributed by atoms with van der Waals surface area (Å²) in [5.74, 6) is 0.191. The Morgan fingerprint density at radius 3 is 2.57 bits per heavy atom. The Balaban J connectivity index is 2.38. The highest BCUT2D eigenvalue weighted by molar-refractivity contribution is 5.77. The summed E-state index contributed by atoms with van der Waals surface area (Å²) in [6.07, 6.45) is 0. The number of carbonyl (C=O) groups is 1. The van der Waals surface area contributed by atoms with Crippen molar-refractivity contribution in [2.45, 2.75) is 6.54 Å². The van der Waals surface area contributed by atoms with E-state index >= 15 is 0 Å². The summed E-state index contributed by atoms with van der Waals surface area (Å²) < 4.78 is 0. The van der Waals surface area contributed by atoms with Crippen LogP contribution in [0.1, 0.15) is 5.56 Å². The molecule has 0 radical (unpaired) electrons. The van der Waals surface area contributed by atoms with Gasteiger partial charge >= 0.3 is 0 Å². The van der Waals surface area contributed by atoms with E-state index < -0.39 is 0 Å². The number of phenols is 1. The van der Waals surface area contributed by atoms with E-state index in [0.29, 0.717) is 13.1 Å². The van der Waals surface area contributed by atoms with Crippen LogP contribution in [0.4, 0.5) is 0 Å². The summed E-state index contributed by atoms with van der Waals surface area (Å²) in [6.45, 7) is 0.804. The van der Waals surface area contributed by atoms with E-state index in [2.05, 4.69) is 10.6 Å². The van der Waals surface area contributed by atoms with Gasteiger partial charge in [-0.3, -0.25) is 4.79 Å². The van der Waals surface area contributed by atoms with E-state index in [9.17, 15) is 4.79 Å². The van der Waals surface area contributed by atoms with Crippen molar-refractivity contribution in [3.63, 3.8) is 0 Å². The molecule has 0 saturated carbocycles. The number of hydrogen-bond acceptors (Lipinski definition) is 3. The minimum atomic E-state index is -0.0411. The number of aromatic hydroxyl groups is 1. The molecule has 0 aliphatic carbocycles. The number of likely N-dealkylation sites (N-methyl/N-ethyl adjacent to an activating group) is 1. The maximum absolute atomic E-state index is 11.1. The normalized spacial score (nSPS) is 9.79. The first kappa shape index (κ1) is 10.5. The van der Waals surface area contributed by atoms with Crippen molar-refractivity contribution in [1.82, 2.24) is 10.6 Å². The molecule has 0 aromatic heterocycles. The van der Waals surface area contributed by atoms with Gasteiger partial charge in [0, 0.05) is 6.54 Å². The lowest BCUT2D eigenvalue weighted by atomic mass is 10.2. The van der Waals surface area contributed by atoms with Crippen LogP contribution in [-0.2, 0) is 11.3 Å². The standard InChI is InChI=1S/C10H14N2O2/c1-11-7-10(14)12-6-8-2-4-9(13)5-3-8/h2-5,11,13H,6-7H2,1H3,(H,12,14). The fourth-order valence-corrected chi connectivity index (χ4v) is 1.04. The van der Waals surface area contributed by atoms with Crippen LogP contribution in [0.15, 0.2) is 24.3 Å². The average Bonchev–Trinajstić information content (AvgIpc) is 2.17. The van der Waals surface area contributed by atoms with Gasteiger partial charge in [0.15, 0.2) is 0 Å². The monoisotopic (exact) mass is 194 g/mol. The van der Waals surface area contributed by atoms with Crippen LogP contribution in [-0.4, -0.2) is 24.6 Å². The van der Waals surface area contributed by atoms with E-state index in [4.69, 9.17) is 5.11 Å². The largest absolute Gasteiger partial charge is 0.508 e. The van der Waals surface area contributed by atoms with Gasteiger partial charge in [-0.1, -0.05) is 12.1 Å². The summed E-state index contributed by atoms with van der Waals surface area (Å²) >= 11 is 0. The molecular weight excluding hydrogens is 180 g/mol. The minimum Gasteiger partial charge on any atom is -0.508 e. The lowest BCUT2D eigenvalue weighted by Gasteiger charge is -2.04. The molecule has 4 heteroatoms. The van der Waals surface area contributed by atoms with Crippen molar-refractivity contribution in [3.05, 3.63) is 29.8 Å². The molecule has 0 atom stereocenters. The Morgan fingerprint density at radius 2 is 2.00 bits per heavy atom. The van der Waals surface area contributed by atoms with Gasteiger partial charge in [0.2, 0.25) is 5.91 Å². The smallest absolute Gasteiger partial charge is 0.234 e. The summed E-state index contributed by atoms with van der Waals surface area (Å²) in [6, 6.07) is 6.74. The number of phenolic OH excluding ortho intramolecular Hbond substituents is 1. The quantitative estimate of drug-likeness (QED) is 0.643. The molecule has 4 nitrogen and oxygen atoms in total. The third kappa shape index (κ3) is 3.45. The summed E-state index contributed by atoms with van der Waals surface area (Å²) in [4.78, 5) is 11.1. The van der Waals surface area contributed by atoms with E-state index in [1.54, 1.807) is 31.3 Å². The molecule has 76 valence electrons. The van der Waals surface area contributed by atoms with Crippen LogP contribution in [0.5, 0.6) is 5.75 Å². The number of benzene rings is 1. The van der Waals surface area contributed by atoms with Gasteiger partial charge < -0.3 is 15.7 Å². The molecule has 1 rings (SSSR count). The fourth-order valence-electron chi connectivity index (χ4n) is 1.04. The molecule has 0 unspecified atom stereocenters. The van der Waals surface area contributed by atoms with Crippen molar-refractivity contribution < 1.29 is 9.90 Å². The molecule has 0 spiro atoms. The molecule has 1 aromatic carbocycles. The first-order valence-electron chi connectivity index (χ1n) is 4.41. The van der Waals surface area contributed by atoms with Crippen molar-refractivity contribution in [2.24, 2.45) is 0 Å². The van der Waals surface area contributed by atoms with Crippen LogP contribution in [0.25, 0.3) is 0 Å². The average molecular weight is 194 g/mol. The lowest BCUT2D eigenvalue weighted by molar-refractivity contribution is -0.120. The second-order valence-electron chi connectivity index (χ2n) is 2.97. The number of amides is 1. The van der Waals surface area contributed by atoms with Crippen LogP contribution in [0, 0.1) is 0 Å². The van der Waals surface area contributed by atoms with Crippen molar-refractivity contribution in [1.29, 1.82) is 0 Å². The maximum Gasteiger partial charge on any atom is 0.234 e. The van der Waals surface area contributed by atoms with Gasteiger partial charge in [-0.15, -0.1) is 0 Å². The van der Waals surface area contributed by atoms with Gasteiger partial charge in [-0.2, -0.15) is 0 Å². The van der Waals surface area contributed by atoms with E-state index in [1.807, 2.05) is 0 Å². The molecule has 1 amide bonds. The predicted octanol–water partition coefficient (Wildman–Crippen LogP) is 0.228. The third-order valence-corrected chi connectivity index (χ3v) is 1.76. The Hall–Kier alpha value is -1.55. The highest BCUT2D eigenvalue weighted by atomic mass is 16.3. The second-order valence-corrected chi connectivity index (χ2v) is 2.97. The molecule has 0 fully saturated rings. The van der Waals surface area contributed by atoms with Gasteiger partial charge in [-0.05, 0) is 24.7 Å². The SMILES string of the molecule is CNCC(=O)NCc1ccc(O)cc1. The first-order valence-corrected chi connectivity index (χ1v) is 4.41. The van der Waals surface area contributed by atoms with Crippen LogP contribution < -0.4 is 10.6 Å². The first-order chi connectivity index (χ1) is 6.72. The Labute approximate surface area is 82.9 Å².